The van der Waals surface area contributed by atoms with Gasteiger partial charge < -0.3 is 15.4 Å². The molecule has 0 aliphatic carbocycles. The number of carbonyl (C=O) groups excluding carboxylic acids is 1. The second-order valence-electron chi connectivity index (χ2n) is 4.64. The number of ether oxygens (including phenoxy) is 1. The Morgan fingerprint density at radius 2 is 2.00 bits per heavy atom. The first-order valence-corrected chi connectivity index (χ1v) is 6.19. The zero-order valence-corrected chi connectivity index (χ0v) is 11.8. The Morgan fingerprint density at radius 3 is 2.65 bits per heavy atom. The highest BCUT2D eigenvalue weighted by Crippen LogP contribution is 2.29. The van der Waals surface area contributed by atoms with E-state index in [1.807, 2.05) is 6.92 Å². The predicted molar refractivity (Wildman–Crippen MR) is 77.9 cm³/mol. The van der Waals surface area contributed by atoms with E-state index in [1.165, 1.54) is 4.90 Å². The number of amides is 1. The number of nitrogens with zero attached hydrogens (tertiary/aromatic N) is 2. The van der Waals surface area contributed by atoms with Gasteiger partial charge in [0.2, 0.25) is 0 Å². The number of rotatable bonds is 3. The van der Waals surface area contributed by atoms with Gasteiger partial charge in [0.15, 0.2) is 0 Å². The summed E-state index contributed by atoms with van der Waals surface area (Å²) >= 11 is 0. The van der Waals surface area contributed by atoms with Crippen LogP contribution >= 0.6 is 0 Å². The van der Waals surface area contributed by atoms with Crippen molar-refractivity contribution in [2.75, 3.05) is 19.8 Å². The molecule has 0 aliphatic heterocycles. The zero-order chi connectivity index (χ0) is 14.7. The highest BCUT2D eigenvalue weighted by Gasteiger charge is 2.16. The van der Waals surface area contributed by atoms with Gasteiger partial charge in [-0.3, -0.25) is 9.78 Å². The Hall–Kier alpha value is -2.56. The summed E-state index contributed by atoms with van der Waals surface area (Å²) in [4.78, 5) is 17.8. The van der Waals surface area contributed by atoms with E-state index in [0.717, 1.165) is 5.69 Å². The van der Waals surface area contributed by atoms with Crippen LogP contribution in [0.4, 0.5) is 5.69 Å². The fourth-order valence-electron chi connectivity index (χ4n) is 1.74. The maximum absolute atomic E-state index is 12.1. The Balaban J connectivity index is 2.43. The van der Waals surface area contributed by atoms with Crippen LogP contribution < -0.4 is 10.5 Å². The molecule has 0 bridgehead atoms. The minimum atomic E-state index is -0.137. The van der Waals surface area contributed by atoms with E-state index in [4.69, 9.17) is 10.5 Å². The summed E-state index contributed by atoms with van der Waals surface area (Å²) in [5.74, 6) is 0.896. The van der Waals surface area contributed by atoms with Crippen LogP contribution in [0.15, 0.2) is 36.5 Å². The van der Waals surface area contributed by atoms with E-state index >= 15 is 0 Å². The number of anilines is 1. The molecule has 0 unspecified atom stereocenters. The van der Waals surface area contributed by atoms with Crippen molar-refractivity contribution in [2.45, 2.75) is 6.92 Å². The average Bonchev–Trinajstić information content (AvgIpc) is 2.41. The van der Waals surface area contributed by atoms with Gasteiger partial charge in [0.05, 0.1) is 11.3 Å². The maximum Gasteiger partial charge on any atom is 0.257 e. The van der Waals surface area contributed by atoms with E-state index in [0.29, 0.717) is 22.7 Å². The highest BCUT2D eigenvalue weighted by molar-refractivity contribution is 5.97. The molecule has 0 spiro atoms. The summed E-state index contributed by atoms with van der Waals surface area (Å²) in [7, 11) is 3.38. The molecule has 2 rings (SSSR count). The van der Waals surface area contributed by atoms with Crippen molar-refractivity contribution < 1.29 is 9.53 Å². The third-order valence-electron chi connectivity index (χ3n) is 2.82. The third-order valence-corrected chi connectivity index (χ3v) is 2.82. The highest BCUT2D eigenvalue weighted by atomic mass is 16.5. The molecule has 1 amide bonds. The van der Waals surface area contributed by atoms with Gasteiger partial charge in [0, 0.05) is 32.0 Å². The van der Waals surface area contributed by atoms with Crippen molar-refractivity contribution in [2.24, 2.45) is 0 Å². The van der Waals surface area contributed by atoms with Gasteiger partial charge in [-0.1, -0.05) is 0 Å². The standard InChI is InChI=1S/C15H17N3O2/c1-10-13(5-4-8-17-10)20-14-9-11(16)6-7-12(14)15(19)18(2)3/h4-9H,16H2,1-3H3. The molecule has 0 fully saturated rings. The Labute approximate surface area is 118 Å². The monoisotopic (exact) mass is 271 g/mol. The summed E-state index contributed by atoms with van der Waals surface area (Å²) in [5, 5.41) is 0. The van der Waals surface area contributed by atoms with Gasteiger partial charge >= 0.3 is 0 Å². The number of carbonyl (C=O) groups is 1. The first-order chi connectivity index (χ1) is 9.49. The topological polar surface area (TPSA) is 68.5 Å². The smallest absolute Gasteiger partial charge is 0.257 e. The van der Waals surface area contributed by atoms with E-state index < -0.39 is 0 Å². The van der Waals surface area contributed by atoms with E-state index in [2.05, 4.69) is 4.98 Å². The zero-order valence-electron chi connectivity index (χ0n) is 11.8. The molecule has 1 aromatic carbocycles. The van der Waals surface area contributed by atoms with Crippen molar-refractivity contribution in [3.8, 4) is 11.5 Å². The molecule has 1 aromatic heterocycles. The van der Waals surface area contributed by atoms with Gasteiger partial charge in [-0.05, 0) is 31.2 Å². The fraction of sp³-hybridized carbons (Fsp3) is 0.200. The second kappa shape index (κ2) is 5.61. The molecular weight excluding hydrogens is 254 g/mol. The van der Waals surface area contributed by atoms with Crippen LogP contribution in [0.5, 0.6) is 11.5 Å². The van der Waals surface area contributed by atoms with Crippen LogP contribution in [0.2, 0.25) is 0 Å². The van der Waals surface area contributed by atoms with Gasteiger partial charge in [0.1, 0.15) is 11.5 Å². The molecule has 5 nitrogen and oxygen atoms in total. The Bertz CT molecular complexity index is 639. The van der Waals surface area contributed by atoms with Crippen molar-refractivity contribution in [3.05, 3.63) is 47.8 Å². The van der Waals surface area contributed by atoms with Crippen LogP contribution in [0.1, 0.15) is 16.1 Å². The molecule has 2 N–H and O–H groups in total. The molecule has 5 heteroatoms. The average molecular weight is 271 g/mol. The molecule has 0 radical (unpaired) electrons. The number of benzene rings is 1. The third kappa shape index (κ3) is 2.88. The molecule has 2 aromatic rings. The van der Waals surface area contributed by atoms with Crippen LogP contribution in [0.25, 0.3) is 0 Å². The minimum absolute atomic E-state index is 0.137. The van der Waals surface area contributed by atoms with Crippen molar-refractivity contribution in [1.29, 1.82) is 0 Å². The summed E-state index contributed by atoms with van der Waals surface area (Å²) < 4.78 is 5.80. The number of hydrogen-bond acceptors (Lipinski definition) is 4. The minimum Gasteiger partial charge on any atom is -0.455 e. The molecule has 0 saturated heterocycles. The lowest BCUT2D eigenvalue weighted by Gasteiger charge is -2.15. The van der Waals surface area contributed by atoms with Crippen molar-refractivity contribution in [3.63, 3.8) is 0 Å². The normalized spacial score (nSPS) is 10.2. The lowest BCUT2D eigenvalue weighted by molar-refractivity contribution is 0.0825. The van der Waals surface area contributed by atoms with Crippen molar-refractivity contribution >= 4 is 11.6 Å². The van der Waals surface area contributed by atoms with E-state index in [9.17, 15) is 4.79 Å². The first kappa shape index (κ1) is 13.9. The van der Waals surface area contributed by atoms with Crippen molar-refractivity contribution in [1.82, 2.24) is 9.88 Å². The Kier molecular flexibility index (Phi) is 3.89. The van der Waals surface area contributed by atoms with Crippen LogP contribution in [-0.4, -0.2) is 29.9 Å². The molecule has 104 valence electrons. The molecule has 0 saturated carbocycles. The quantitative estimate of drug-likeness (QED) is 0.871. The molecule has 1 heterocycles. The molecular formula is C15H17N3O2. The van der Waals surface area contributed by atoms with Gasteiger partial charge in [-0.15, -0.1) is 0 Å². The number of nitrogen functional groups attached to an aromatic ring is 1. The number of nitrogens with two attached hydrogens (primary N) is 1. The summed E-state index contributed by atoms with van der Waals surface area (Å²) in [6, 6.07) is 8.57. The molecule has 20 heavy (non-hydrogen) atoms. The van der Waals surface area contributed by atoms with Crippen LogP contribution in [-0.2, 0) is 0 Å². The number of hydrogen-bond donors (Lipinski definition) is 1. The summed E-state index contributed by atoms with van der Waals surface area (Å²) in [6.45, 7) is 1.84. The summed E-state index contributed by atoms with van der Waals surface area (Å²) in [5.41, 5.74) is 7.53. The summed E-state index contributed by atoms with van der Waals surface area (Å²) in [6.07, 6.45) is 1.69. The Morgan fingerprint density at radius 1 is 1.25 bits per heavy atom. The number of aryl methyl sites for hydroxylation is 1. The second-order valence-corrected chi connectivity index (χ2v) is 4.64. The van der Waals surface area contributed by atoms with Gasteiger partial charge in [-0.2, -0.15) is 0 Å². The SMILES string of the molecule is Cc1ncccc1Oc1cc(N)ccc1C(=O)N(C)C. The number of pyridine rings is 1. The van der Waals surface area contributed by atoms with E-state index in [1.54, 1.807) is 50.6 Å². The van der Waals surface area contributed by atoms with Crippen LogP contribution in [0, 0.1) is 6.92 Å². The largest absolute Gasteiger partial charge is 0.455 e. The number of aromatic nitrogens is 1. The van der Waals surface area contributed by atoms with E-state index in [-0.39, 0.29) is 5.91 Å². The first-order valence-electron chi connectivity index (χ1n) is 6.19. The predicted octanol–water partition coefficient (Wildman–Crippen LogP) is 2.47. The molecule has 0 atom stereocenters. The van der Waals surface area contributed by atoms with Gasteiger partial charge in [0.25, 0.3) is 5.91 Å². The molecule has 0 aliphatic rings. The lowest BCUT2D eigenvalue weighted by Crippen LogP contribution is -2.22. The maximum atomic E-state index is 12.1. The fourth-order valence-corrected chi connectivity index (χ4v) is 1.74. The lowest BCUT2D eigenvalue weighted by atomic mass is 10.1. The van der Waals surface area contributed by atoms with Crippen LogP contribution in [0.3, 0.4) is 0 Å². The van der Waals surface area contributed by atoms with Gasteiger partial charge in [-0.25, -0.2) is 0 Å².